The first-order valence-corrected chi connectivity index (χ1v) is 28.7. The van der Waals surface area contributed by atoms with Crippen molar-refractivity contribution in [1.29, 1.82) is 0 Å². The Labute approximate surface area is 456 Å². The molecule has 9 rings (SSSR count). The Morgan fingerprint density at radius 1 is 0.936 bits per heavy atom. The standard InChI is InChI=1S/C55H66FN13O7S2/c1-32-33(2)65-66-49(32)64-50-40-26-46(78(74,75)55(3,4)5)45(27-41(40)61-31-62-50)76-24-8-9-34-15-20-68(21-16-34)54-59-28-37(29-60-54)52(72)67-22-17-35(18-23-67)39(25-42(58-6)48(57)71)53(73)69-19-7-10-44(69)51-63-43(30-77-51)47(70)36-11-13-38(56)14-12-36/h11-14,25-31,34-35,39,44,58H,7-10,15-24H2,1-6H3,(H2,57,71)(H2,61,62,64,65,66)/t39-,44+/m1/s1. The average molecular weight is 1100 g/mol. The lowest BCUT2D eigenvalue weighted by molar-refractivity contribution is -0.137. The molecule has 5 N–H and O–H groups in total. The Balaban J connectivity index is 0.775. The van der Waals surface area contributed by atoms with Gasteiger partial charge in [0, 0.05) is 85.8 Å². The van der Waals surface area contributed by atoms with Crippen LogP contribution in [0.2, 0.25) is 0 Å². The summed E-state index contributed by atoms with van der Waals surface area (Å²) in [6.45, 7) is 11.8. The minimum Gasteiger partial charge on any atom is -0.492 e. The molecule has 2 atom stereocenters. The number of nitrogens with zero attached hydrogens (tertiary/aromatic N) is 9. The molecule has 412 valence electrons. The lowest BCUT2D eigenvalue weighted by Gasteiger charge is -2.37. The van der Waals surface area contributed by atoms with Gasteiger partial charge in [-0.15, -0.1) is 11.3 Å². The number of benzene rings is 2. The predicted molar refractivity (Wildman–Crippen MR) is 294 cm³/mol. The van der Waals surface area contributed by atoms with E-state index in [9.17, 15) is 32.0 Å². The van der Waals surface area contributed by atoms with E-state index < -0.39 is 32.2 Å². The van der Waals surface area contributed by atoms with Gasteiger partial charge in [-0.25, -0.2) is 37.7 Å². The molecular formula is C55H66FN13O7S2. The van der Waals surface area contributed by atoms with E-state index in [4.69, 9.17) is 10.5 Å². The summed E-state index contributed by atoms with van der Waals surface area (Å²) in [5.41, 5.74) is 9.10. The number of carbonyl (C=O) groups excluding carboxylic acids is 4. The molecule has 0 unspecified atom stereocenters. The maximum atomic E-state index is 14.6. The molecule has 3 aliphatic heterocycles. The number of anilines is 3. The molecule has 3 aliphatic rings. The fourth-order valence-electron chi connectivity index (χ4n) is 10.4. The Morgan fingerprint density at radius 2 is 1.65 bits per heavy atom. The molecule has 0 radical (unpaired) electrons. The highest BCUT2D eigenvalue weighted by Crippen LogP contribution is 2.40. The largest absolute Gasteiger partial charge is 0.492 e. The molecule has 0 spiro atoms. The summed E-state index contributed by atoms with van der Waals surface area (Å²) in [6, 6.07) is 8.19. The highest BCUT2D eigenvalue weighted by Gasteiger charge is 2.40. The van der Waals surface area contributed by atoms with Gasteiger partial charge in [0.15, 0.2) is 15.7 Å². The number of H-pyrrole nitrogens is 1. The molecule has 0 bridgehead atoms. The monoisotopic (exact) mass is 1100 g/mol. The van der Waals surface area contributed by atoms with E-state index in [1.165, 1.54) is 41.9 Å². The number of fused-ring (bicyclic) bond motifs is 1. The summed E-state index contributed by atoms with van der Waals surface area (Å²) in [4.78, 5) is 82.6. The first kappa shape index (κ1) is 55.4. The minimum atomic E-state index is -3.84. The van der Waals surface area contributed by atoms with Gasteiger partial charge in [0.2, 0.25) is 17.6 Å². The van der Waals surface area contributed by atoms with Gasteiger partial charge in [-0.1, -0.05) is 0 Å². The van der Waals surface area contributed by atoms with E-state index in [0.29, 0.717) is 102 Å². The number of aryl methyl sites for hydroxylation is 1. The van der Waals surface area contributed by atoms with Crippen LogP contribution in [-0.2, 0) is 19.4 Å². The van der Waals surface area contributed by atoms with Gasteiger partial charge in [-0.3, -0.25) is 24.3 Å². The molecule has 7 heterocycles. The van der Waals surface area contributed by atoms with Gasteiger partial charge >= 0.3 is 0 Å². The summed E-state index contributed by atoms with van der Waals surface area (Å²) in [7, 11) is -2.26. The maximum Gasteiger partial charge on any atom is 0.264 e. The smallest absolute Gasteiger partial charge is 0.264 e. The van der Waals surface area contributed by atoms with E-state index in [0.717, 1.165) is 50.0 Å². The summed E-state index contributed by atoms with van der Waals surface area (Å²) >= 11 is 1.30. The number of likely N-dealkylation sites (tertiary alicyclic amines) is 2. The van der Waals surface area contributed by atoms with Crippen molar-refractivity contribution >= 4 is 73.2 Å². The molecule has 3 amide bonds. The number of likely N-dealkylation sites (N-methyl/N-ethyl adjacent to an activating group) is 1. The molecule has 2 aromatic carbocycles. The number of piperidine rings is 2. The van der Waals surface area contributed by atoms with Crippen LogP contribution in [0.1, 0.15) is 121 Å². The second-order valence-corrected chi connectivity index (χ2v) is 24.8. The van der Waals surface area contributed by atoms with Crippen LogP contribution < -0.4 is 26.0 Å². The highest BCUT2D eigenvalue weighted by molar-refractivity contribution is 7.92. The SMILES string of the molecule is CNC(=C[C@@H](C(=O)N1CCC[C@H]1c1nc(C(=O)c2ccc(F)cc2)cs1)C1CCN(C(=O)c2cnc(N3CCC(CCCOc4cc5ncnc(Nc6n[nH]c(C)c6C)c5cc4S(=O)(=O)C(C)(C)C)CC3)nc2)CC1)C(N)=O. The predicted octanol–water partition coefficient (Wildman–Crippen LogP) is 7.40. The van der Waals surface area contributed by atoms with E-state index >= 15 is 0 Å². The van der Waals surface area contributed by atoms with E-state index in [1.807, 2.05) is 13.8 Å². The zero-order chi connectivity index (χ0) is 55.5. The zero-order valence-corrected chi connectivity index (χ0v) is 46.3. The van der Waals surface area contributed by atoms with Crippen LogP contribution >= 0.6 is 11.3 Å². The minimum absolute atomic E-state index is 0.0799. The fraction of sp³-hybridized carbons (Fsp3) is 0.455. The number of primary amides is 1. The Hall–Kier alpha value is -7.40. The quantitative estimate of drug-likeness (QED) is 0.0371. The van der Waals surface area contributed by atoms with Gasteiger partial charge in [0.25, 0.3) is 11.8 Å². The number of halogens is 1. The van der Waals surface area contributed by atoms with Crippen molar-refractivity contribution in [3.63, 3.8) is 0 Å². The van der Waals surface area contributed by atoms with Crippen LogP contribution in [0.4, 0.5) is 22.0 Å². The first-order chi connectivity index (χ1) is 37.3. The lowest BCUT2D eigenvalue weighted by Crippen LogP contribution is -2.44. The topological polar surface area (TPSA) is 265 Å². The summed E-state index contributed by atoms with van der Waals surface area (Å²) in [5, 5.41) is 16.2. The number of aromatic nitrogens is 7. The number of sulfone groups is 1. The molecule has 3 saturated heterocycles. The first-order valence-electron chi connectivity index (χ1n) is 26.4. The number of nitrogens with two attached hydrogens (primary N) is 1. The molecule has 0 saturated carbocycles. The number of ketones is 1. The maximum absolute atomic E-state index is 14.6. The van der Waals surface area contributed by atoms with E-state index in [1.54, 1.807) is 73.6 Å². The third kappa shape index (κ3) is 11.9. The number of thiazole rings is 1. The van der Waals surface area contributed by atoms with Crippen molar-refractivity contribution in [2.45, 2.75) is 102 Å². The molecule has 78 heavy (non-hydrogen) atoms. The number of aromatic amines is 1. The van der Waals surface area contributed by atoms with E-state index in [2.05, 4.69) is 50.7 Å². The number of ether oxygens (including phenoxy) is 1. The molecule has 0 aliphatic carbocycles. The summed E-state index contributed by atoms with van der Waals surface area (Å²) in [6.07, 6.45) is 11.9. The van der Waals surface area contributed by atoms with E-state index in [-0.39, 0.29) is 51.6 Å². The van der Waals surface area contributed by atoms with Gasteiger partial charge in [0.05, 0.1) is 40.1 Å². The van der Waals surface area contributed by atoms with Crippen LogP contribution in [0.5, 0.6) is 5.75 Å². The normalized spacial score (nSPS) is 17.3. The van der Waals surface area contributed by atoms with Gasteiger partial charge < -0.3 is 35.8 Å². The van der Waals surface area contributed by atoms with Crippen molar-refractivity contribution in [3.05, 3.63) is 111 Å². The number of hydrogen-bond donors (Lipinski definition) is 4. The Kier molecular flexibility index (Phi) is 16.5. The highest BCUT2D eigenvalue weighted by atomic mass is 32.2. The number of amides is 3. The van der Waals surface area contributed by atoms with Crippen molar-refractivity contribution < 1.29 is 36.7 Å². The van der Waals surface area contributed by atoms with Crippen LogP contribution in [0.15, 0.2) is 77.2 Å². The van der Waals surface area contributed by atoms with Crippen molar-refractivity contribution in [2.75, 3.05) is 56.6 Å². The molecule has 23 heteroatoms. The third-order valence-electron chi connectivity index (χ3n) is 15.3. The van der Waals surface area contributed by atoms with Crippen LogP contribution in [-0.4, -0.2) is 128 Å². The lowest BCUT2D eigenvalue weighted by atomic mass is 9.82. The molecule has 6 aromatic rings. The number of rotatable bonds is 18. The zero-order valence-electron chi connectivity index (χ0n) is 44.7. The average Bonchev–Trinajstić information content (AvgIpc) is 4.25. The molecule has 20 nitrogen and oxygen atoms in total. The van der Waals surface area contributed by atoms with Crippen LogP contribution in [0.25, 0.3) is 10.9 Å². The molecule has 3 fully saturated rings. The van der Waals surface area contributed by atoms with Crippen LogP contribution in [0.3, 0.4) is 0 Å². The third-order valence-corrected chi connectivity index (χ3v) is 18.7. The van der Waals surface area contributed by atoms with Crippen molar-refractivity contribution in [1.82, 2.24) is 50.2 Å². The molecular weight excluding hydrogens is 1040 g/mol. The van der Waals surface area contributed by atoms with Gasteiger partial charge in [-0.05, 0) is 134 Å². The van der Waals surface area contributed by atoms with Crippen molar-refractivity contribution in [3.8, 4) is 5.75 Å². The van der Waals surface area contributed by atoms with Crippen LogP contribution in [0, 0.1) is 37.4 Å². The van der Waals surface area contributed by atoms with Gasteiger partial charge in [-0.2, -0.15) is 5.10 Å². The summed E-state index contributed by atoms with van der Waals surface area (Å²) < 4.78 is 46.7. The second-order valence-electron chi connectivity index (χ2n) is 21.2. The Morgan fingerprint density at radius 3 is 2.31 bits per heavy atom. The second kappa shape index (κ2) is 23.3. The van der Waals surface area contributed by atoms with Gasteiger partial charge in [0.1, 0.15) is 39.3 Å². The summed E-state index contributed by atoms with van der Waals surface area (Å²) in [5.74, 6) is -0.564. The number of nitrogens with one attached hydrogen (secondary N) is 3. The Bertz CT molecular complexity index is 3330. The fourth-order valence-corrected chi connectivity index (χ4v) is 12.7. The number of carbonyl (C=O) groups is 4. The molecule has 4 aromatic heterocycles. The number of hydrogen-bond acceptors (Lipinski definition) is 17. The van der Waals surface area contributed by atoms with Crippen molar-refractivity contribution in [2.24, 2.45) is 23.5 Å².